The van der Waals surface area contributed by atoms with Crippen LogP contribution in [0.1, 0.15) is 12.5 Å². The van der Waals surface area contributed by atoms with Crippen molar-refractivity contribution in [1.29, 1.82) is 0 Å². The number of hydrogen-bond donors (Lipinski definition) is 4. The van der Waals surface area contributed by atoms with Crippen LogP contribution in [0.3, 0.4) is 0 Å². The molecule has 0 radical (unpaired) electrons. The molecule has 20 heavy (non-hydrogen) atoms. The first-order chi connectivity index (χ1) is 9.52. The van der Waals surface area contributed by atoms with Crippen LogP contribution in [-0.4, -0.2) is 27.5 Å². The summed E-state index contributed by atoms with van der Waals surface area (Å²) in [4.78, 5) is 21.9. The third-order valence-electron chi connectivity index (χ3n) is 2.55. The number of nitrogens with one attached hydrogen (secondary N) is 3. The van der Waals surface area contributed by atoms with Gasteiger partial charge in [0, 0.05) is 18.3 Å². The van der Waals surface area contributed by atoms with Crippen molar-refractivity contribution in [1.82, 2.24) is 15.0 Å². The average molecular weight is 274 g/mol. The summed E-state index contributed by atoms with van der Waals surface area (Å²) in [6.45, 7) is 4.37. The summed E-state index contributed by atoms with van der Waals surface area (Å²) in [5.74, 6) is 0.585. The van der Waals surface area contributed by atoms with E-state index in [9.17, 15) is 4.79 Å². The summed E-state index contributed by atoms with van der Waals surface area (Å²) in [5.41, 5.74) is 7.14. The number of benzene rings is 1. The topological polar surface area (TPSA) is 109 Å². The Hall–Kier alpha value is -2.41. The van der Waals surface area contributed by atoms with Gasteiger partial charge in [-0.25, -0.2) is 4.79 Å². The normalized spacial score (nSPS) is 11.9. The summed E-state index contributed by atoms with van der Waals surface area (Å²) in [6, 6.07) is 7.68. The van der Waals surface area contributed by atoms with E-state index in [1.165, 1.54) is 0 Å². The molecule has 106 valence electrons. The second-order valence-electron chi connectivity index (χ2n) is 4.68. The maximum Gasteiger partial charge on any atom is 0.351 e. The van der Waals surface area contributed by atoms with E-state index in [1.807, 2.05) is 38.1 Å². The van der Waals surface area contributed by atoms with Crippen molar-refractivity contribution in [2.45, 2.75) is 19.9 Å². The first-order valence-corrected chi connectivity index (χ1v) is 6.34. The summed E-state index contributed by atoms with van der Waals surface area (Å²) < 4.78 is 0. The van der Waals surface area contributed by atoms with Gasteiger partial charge in [0.15, 0.2) is 0 Å². The molecule has 0 saturated heterocycles. The monoisotopic (exact) mass is 274 g/mol. The fourth-order valence-electron chi connectivity index (χ4n) is 1.55. The highest BCUT2D eigenvalue weighted by molar-refractivity contribution is 5.54. The Morgan fingerprint density at radius 1 is 1.30 bits per heavy atom. The van der Waals surface area contributed by atoms with Crippen LogP contribution in [-0.2, 0) is 0 Å². The predicted octanol–water partition coefficient (Wildman–Crippen LogP) is 0.976. The van der Waals surface area contributed by atoms with E-state index < -0.39 is 5.69 Å². The van der Waals surface area contributed by atoms with Crippen molar-refractivity contribution >= 4 is 17.6 Å². The Morgan fingerprint density at radius 3 is 2.65 bits per heavy atom. The number of rotatable bonds is 5. The van der Waals surface area contributed by atoms with E-state index in [2.05, 4.69) is 25.6 Å². The lowest BCUT2D eigenvalue weighted by Gasteiger charge is -2.09. The van der Waals surface area contributed by atoms with Crippen molar-refractivity contribution in [2.75, 3.05) is 17.2 Å². The van der Waals surface area contributed by atoms with Crippen LogP contribution in [0, 0.1) is 6.92 Å². The fraction of sp³-hybridized carbons (Fsp3) is 0.308. The van der Waals surface area contributed by atoms with Gasteiger partial charge < -0.3 is 16.4 Å². The molecule has 0 aliphatic rings. The van der Waals surface area contributed by atoms with Crippen molar-refractivity contribution in [3.63, 3.8) is 0 Å². The van der Waals surface area contributed by atoms with Gasteiger partial charge in [-0.05, 0) is 26.0 Å². The SMILES string of the molecule is Cc1ccc(Nc2nc(NCC(C)N)[nH]c(=O)n2)cc1. The Morgan fingerprint density at radius 2 is 2.00 bits per heavy atom. The highest BCUT2D eigenvalue weighted by atomic mass is 16.1. The molecule has 0 bridgehead atoms. The van der Waals surface area contributed by atoms with Crippen LogP contribution in [0.2, 0.25) is 0 Å². The van der Waals surface area contributed by atoms with Crippen LogP contribution in [0.5, 0.6) is 0 Å². The number of nitrogens with two attached hydrogens (primary N) is 1. The molecule has 1 unspecified atom stereocenters. The van der Waals surface area contributed by atoms with Gasteiger partial charge in [-0.1, -0.05) is 17.7 Å². The standard InChI is InChI=1S/C13H18N6O/c1-8-3-5-10(6-4-8)16-12-17-11(15-7-9(2)14)18-13(20)19-12/h3-6,9H,7,14H2,1-2H3,(H3,15,16,17,18,19,20). The molecule has 5 N–H and O–H groups in total. The number of aryl methyl sites for hydroxylation is 1. The van der Waals surface area contributed by atoms with Gasteiger partial charge >= 0.3 is 5.69 Å². The number of nitrogens with zero attached hydrogens (tertiary/aromatic N) is 2. The highest BCUT2D eigenvalue weighted by Crippen LogP contribution is 2.13. The van der Waals surface area contributed by atoms with E-state index in [-0.39, 0.29) is 12.0 Å². The number of anilines is 3. The zero-order valence-corrected chi connectivity index (χ0v) is 11.5. The lowest BCUT2D eigenvalue weighted by atomic mass is 10.2. The van der Waals surface area contributed by atoms with Crippen molar-refractivity contribution in [3.05, 3.63) is 40.3 Å². The third kappa shape index (κ3) is 4.06. The molecule has 2 rings (SSSR count). The molecule has 0 amide bonds. The lowest BCUT2D eigenvalue weighted by Crippen LogP contribution is -2.27. The minimum atomic E-state index is -0.471. The Balaban J connectivity index is 2.15. The van der Waals surface area contributed by atoms with Crippen LogP contribution in [0.4, 0.5) is 17.6 Å². The van der Waals surface area contributed by atoms with Crippen LogP contribution in [0.25, 0.3) is 0 Å². The maximum absolute atomic E-state index is 11.5. The molecule has 0 aliphatic carbocycles. The Bertz CT molecular complexity index is 620. The molecule has 1 heterocycles. The molecule has 7 nitrogen and oxygen atoms in total. The Kier molecular flexibility index (Phi) is 4.31. The summed E-state index contributed by atoms with van der Waals surface area (Å²) in [6.07, 6.45) is 0. The van der Waals surface area contributed by atoms with Crippen LogP contribution < -0.4 is 22.1 Å². The summed E-state index contributed by atoms with van der Waals surface area (Å²) in [5, 5.41) is 5.94. The van der Waals surface area contributed by atoms with E-state index in [4.69, 9.17) is 5.73 Å². The number of hydrogen-bond acceptors (Lipinski definition) is 6. The number of aromatic amines is 1. The lowest BCUT2D eigenvalue weighted by molar-refractivity contribution is 0.771. The third-order valence-corrected chi connectivity index (χ3v) is 2.55. The maximum atomic E-state index is 11.5. The smallest absolute Gasteiger partial charge is 0.351 e. The predicted molar refractivity (Wildman–Crippen MR) is 79.3 cm³/mol. The molecule has 2 aromatic rings. The van der Waals surface area contributed by atoms with Gasteiger partial charge in [0.1, 0.15) is 0 Å². The second kappa shape index (κ2) is 6.16. The molecule has 0 spiro atoms. The van der Waals surface area contributed by atoms with Crippen molar-refractivity contribution in [2.24, 2.45) is 5.73 Å². The van der Waals surface area contributed by atoms with E-state index >= 15 is 0 Å². The zero-order valence-electron chi connectivity index (χ0n) is 11.5. The molecule has 1 aromatic heterocycles. The molecule has 7 heteroatoms. The molecule has 1 atom stereocenters. The largest absolute Gasteiger partial charge is 0.354 e. The van der Waals surface area contributed by atoms with E-state index in [1.54, 1.807) is 0 Å². The van der Waals surface area contributed by atoms with Crippen LogP contribution in [0.15, 0.2) is 29.1 Å². The van der Waals surface area contributed by atoms with Gasteiger partial charge in [-0.3, -0.25) is 4.98 Å². The van der Waals surface area contributed by atoms with Gasteiger partial charge in [-0.15, -0.1) is 0 Å². The second-order valence-corrected chi connectivity index (χ2v) is 4.68. The summed E-state index contributed by atoms with van der Waals surface area (Å²) >= 11 is 0. The van der Waals surface area contributed by atoms with Crippen molar-refractivity contribution in [3.8, 4) is 0 Å². The van der Waals surface area contributed by atoms with Crippen molar-refractivity contribution < 1.29 is 0 Å². The van der Waals surface area contributed by atoms with Gasteiger partial charge in [-0.2, -0.15) is 9.97 Å². The minimum absolute atomic E-state index is 0.0398. The quantitative estimate of drug-likeness (QED) is 0.647. The average Bonchev–Trinajstić information content (AvgIpc) is 2.38. The van der Waals surface area contributed by atoms with Gasteiger partial charge in [0.2, 0.25) is 11.9 Å². The Labute approximate surface area is 116 Å². The molecule has 1 aromatic carbocycles. The minimum Gasteiger partial charge on any atom is -0.354 e. The molecule has 0 fully saturated rings. The highest BCUT2D eigenvalue weighted by Gasteiger charge is 2.04. The molecular weight excluding hydrogens is 256 g/mol. The van der Waals surface area contributed by atoms with Crippen LogP contribution >= 0.6 is 0 Å². The van der Waals surface area contributed by atoms with E-state index in [0.29, 0.717) is 12.5 Å². The molecule has 0 saturated carbocycles. The summed E-state index contributed by atoms with van der Waals surface area (Å²) in [7, 11) is 0. The number of H-pyrrole nitrogens is 1. The zero-order chi connectivity index (χ0) is 14.5. The van der Waals surface area contributed by atoms with Gasteiger partial charge in [0.05, 0.1) is 0 Å². The first-order valence-electron chi connectivity index (χ1n) is 6.34. The molecular formula is C13H18N6O. The van der Waals surface area contributed by atoms with Gasteiger partial charge in [0.25, 0.3) is 0 Å². The van der Waals surface area contributed by atoms with E-state index in [0.717, 1.165) is 11.3 Å². The fourth-order valence-corrected chi connectivity index (χ4v) is 1.55. The molecule has 0 aliphatic heterocycles. The first kappa shape index (κ1) is 14.0. The number of aromatic nitrogens is 3.